The summed E-state index contributed by atoms with van der Waals surface area (Å²) in [6.07, 6.45) is 0. The summed E-state index contributed by atoms with van der Waals surface area (Å²) in [6.45, 7) is 0. The van der Waals surface area contributed by atoms with Crippen LogP contribution in [0.25, 0.3) is 0 Å². The molecule has 0 aliphatic rings. The Morgan fingerprint density at radius 2 is 2.00 bits per heavy atom. The van der Waals surface area contributed by atoms with Gasteiger partial charge in [0.15, 0.2) is 0 Å². The summed E-state index contributed by atoms with van der Waals surface area (Å²) in [4.78, 5) is 8.97. The fourth-order valence-electron chi connectivity index (χ4n) is 0. The van der Waals surface area contributed by atoms with Crippen molar-refractivity contribution in [1.82, 2.24) is 0 Å². The molecule has 0 aliphatic heterocycles. The maximum Gasteiger partial charge on any atom is 1.00 e. The molecule has 0 saturated heterocycles. The molecule has 0 aromatic heterocycles. The molecule has 0 aromatic carbocycles. The first-order valence-corrected chi connectivity index (χ1v) is 2.02. The van der Waals surface area contributed by atoms with Gasteiger partial charge < -0.3 is 13.8 Å². The van der Waals surface area contributed by atoms with Crippen molar-refractivity contribution in [2.24, 2.45) is 0 Å². The predicted octanol–water partition coefficient (Wildman–Crippen LogP) is -4.74. The van der Waals surface area contributed by atoms with Crippen molar-refractivity contribution in [3.63, 3.8) is 0 Å². The summed E-state index contributed by atoms with van der Waals surface area (Å²) in [5.41, 5.74) is 0. The molecule has 0 heterocycles. The van der Waals surface area contributed by atoms with E-state index in [-0.39, 0.29) is 51.4 Å². The Balaban J connectivity index is 0. The zero-order valence-corrected chi connectivity index (χ0v) is 7.30. The zero-order chi connectivity index (χ0) is 4.28. The average molecular weight is 132 g/mol. The largest absolute Gasteiger partial charge is 1.00 e. The smallest absolute Gasteiger partial charge is 0.478 e. The minimum atomic E-state index is -3.32. The van der Waals surface area contributed by atoms with E-state index in [1.165, 1.54) is 0 Å². The van der Waals surface area contributed by atoms with Crippen molar-refractivity contribution in [1.29, 1.82) is 0 Å². The van der Waals surface area contributed by atoms with Crippen molar-refractivity contribution < 1.29 is 70.5 Å². The van der Waals surface area contributed by atoms with Crippen LogP contribution in [0, 0.1) is 0 Å². The van der Waals surface area contributed by atoms with E-state index in [0.717, 1.165) is 0 Å². The molecule has 0 spiro atoms. The van der Waals surface area contributed by atoms with Crippen LogP contribution in [0.15, 0.2) is 0 Å². The van der Waals surface area contributed by atoms with Crippen LogP contribution >= 0.6 is 0 Å². The Morgan fingerprint density at radius 3 is 2.00 bits per heavy atom. The van der Waals surface area contributed by atoms with Crippen LogP contribution in [0.1, 0.15) is 0 Å². The Labute approximate surface area is 78.4 Å². The van der Waals surface area contributed by atoms with Crippen LogP contribution in [0.2, 0.25) is 0 Å². The second kappa shape index (κ2) is 6.21. The van der Waals surface area contributed by atoms with Crippen molar-refractivity contribution in [3.8, 4) is 0 Å². The van der Waals surface area contributed by atoms with E-state index < -0.39 is 9.17 Å². The molecule has 0 saturated carbocycles. The minimum absolute atomic E-state index is 0. The molecule has 0 rings (SSSR count). The van der Waals surface area contributed by atoms with E-state index in [9.17, 15) is 0 Å². The molecule has 1 N–H and O–H groups in total. The summed E-state index contributed by atoms with van der Waals surface area (Å²) in [5.74, 6) is 0. The normalized spacial score (nSPS) is 5.50. The third-order valence-corrected chi connectivity index (χ3v) is 0.224. The Kier molecular flexibility index (Phi) is 10.6. The molecule has 6 heavy (non-hydrogen) atoms. The summed E-state index contributed by atoms with van der Waals surface area (Å²) < 4.78 is 11.7. The Bertz CT molecular complexity index is 42.8. The molecule has 0 bridgehead atoms. The average Bonchev–Trinajstić information content (AvgIpc) is 1.38. The first kappa shape index (κ1) is 10.2. The molecule has 0 radical (unpaired) electrons. The topological polar surface area (TPSA) is 69.6 Å². The Hall–Kier alpha value is 1.21. The fraction of sp³-hybridized carbons (Fsp3) is 0. The van der Waals surface area contributed by atoms with Crippen molar-refractivity contribution >= 4 is 9.17 Å². The molecule has 0 unspecified atom stereocenters. The minimum Gasteiger partial charge on any atom is -0.478 e. The van der Waals surface area contributed by atoms with Gasteiger partial charge in [-0.05, 0) is 0 Å². The quantitative estimate of drug-likeness (QED) is 0.221. The van der Waals surface area contributed by atoms with Crippen LogP contribution < -0.4 is 56.2 Å². The third-order valence-electron chi connectivity index (χ3n) is 0.0745. The maximum atomic E-state index is 8.97. The molecule has 30 valence electrons. The molecule has 0 aliphatic carbocycles. The molecule has 4 nitrogen and oxygen atoms in total. The SMILES string of the molecule is O=[Si]([O-])OO.[K+]. The van der Waals surface area contributed by atoms with Gasteiger partial charge in [0.2, 0.25) is 0 Å². The molecular formula is HKO4Si. The van der Waals surface area contributed by atoms with Crippen LogP contribution in [0.5, 0.6) is 0 Å². The Morgan fingerprint density at radius 1 is 1.83 bits per heavy atom. The summed E-state index contributed by atoms with van der Waals surface area (Å²) in [7, 11) is -3.32. The molecule has 6 heteroatoms. The number of rotatable bonds is 1. The van der Waals surface area contributed by atoms with E-state index >= 15 is 0 Å². The van der Waals surface area contributed by atoms with E-state index in [4.69, 9.17) is 14.5 Å². The third kappa shape index (κ3) is 8.96. The molecule has 0 aromatic rings. The van der Waals surface area contributed by atoms with Gasteiger partial charge in [0, 0.05) is 0 Å². The van der Waals surface area contributed by atoms with Gasteiger partial charge in [-0.25, -0.2) is 0 Å². The summed E-state index contributed by atoms with van der Waals surface area (Å²) in [5, 5.41) is 7.06. The second-order valence-corrected chi connectivity index (χ2v) is 1.02. The van der Waals surface area contributed by atoms with Crippen LogP contribution in [-0.2, 0) is 9.04 Å². The van der Waals surface area contributed by atoms with Crippen LogP contribution in [-0.4, -0.2) is 14.4 Å². The summed E-state index contributed by atoms with van der Waals surface area (Å²) >= 11 is 0. The predicted molar refractivity (Wildman–Crippen MR) is 10.2 cm³/mol. The first-order valence-electron chi connectivity index (χ1n) is 0.795. The molecule has 0 fully saturated rings. The van der Waals surface area contributed by atoms with Crippen molar-refractivity contribution in [2.75, 3.05) is 0 Å². The van der Waals surface area contributed by atoms with E-state index in [2.05, 4.69) is 4.58 Å². The fourth-order valence-corrected chi connectivity index (χ4v) is 0. The number of hydrogen-bond donors (Lipinski definition) is 1. The molecule has 0 atom stereocenters. The van der Waals surface area contributed by atoms with Gasteiger partial charge in [0.1, 0.15) is 0 Å². The van der Waals surface area contributed by atoms with Crippen molar-refractivity contribution in [2.45, 2.75) is 0 Å². The van der Waals surface area contributed by atoms with Crippen LogP contribution in [0.3, 0.4) is 0 Å². The van der Waals surface area contributed by atoms with Gasteiger partial charge in [-0.1, -0.05) is 0 Å². The summed E-state index contributed by atoms with van der Waals surface area (Å²) in [6, 6.07) is 0. The van der Waals surface area contributed by atoms with Crippen molar-refractivity contribution in [3.05, 3.63) is 0 Å². The second-order valence-electron chi connectivity index (χ2n) is 0.341. The molecular weight excluding hydrogens is 131 g/mol. The van der Waals surface area contributed by atoms with Gasteiger partial charge in [-0.2, -0.15) is 0 Å². The van der Waals surface area contributed by atoms with Gasteiger partial charge in [0.05, 0.1) is 0 Å². The van der Waals surface area contributed by atoms with Crippen LogP contribution in [0.4, 0.5) is 0 Å². The van der Waals surface area contributed by atoms with Gasteiger partial charge in [-0.3, -0.25) is 5.26 Å². The first-order chi connectivity index (χ1) is 2.27. The zero-order valence-electron chi connectivity index (χ0n) is 3.17. The van der Waals surface area contributed by atoms with E-state index in [1.807, 2.05) is 0 Å². The van der Waals surface area contributed by atoms with E-state index in [0.29, 0.717) is 0 Å². The van der Waals surface area contributed by atoms with E-state index in [1.54, 1.807) is 0 Å². The number of hydrogen-bond acceptors (Lipinski definition) is 4. The van der Waals surface area contributed by atoms with Gasteiger partial charge >= 0.3 is 60.6 Å². The molecule has 0 amide bonds. The maximum absolute atomic E-state index is 8.97. The monoisotopic (exact) mass is 132 g/mol. The van der Waals surface area contributed by atoms with Gasteiger partial charge in [-0.15, -0.1) is 0 Å². The van der Waals surface area contributed by atoms with Gasteiger partial charge in [0.25, 0.3) is 0 Å². The standard InChI is InChI=1S/K.HO4Si/c;1-4-5(2)3/h;1H/q+1;-1.